The van der Waals surface area contributed by atoms with Gasteiger partial charge in [0, 0.05) is 13.0 Å². The fourth-order valence-electron chi connectivity index (χ4n) is 1.05. The van der Waals surface area contributed by atoms with Crippen LogP contribution in [0.15, 0.2) is 0 Å². The van der Waals surface area contributed by atoms with Crippen molar-refractivity contribution >= 4 is 0 Å². The number of nitrogens with zero attached hydrogens (tertiary/aromatic N) is 4. The summed E-state index contributed by atoms with van der Waals surface area (Å²) in [5, 5.41) is 10.7. The number of alkyl halides is 3. The predicted octanol–water partition coefficient (Wildman–Crippen LogP) is -0.247. The molecule has 2 N–H and O–H groups in total. The zero-order valence-electron chi connectivity index (χ0n) is 8.44. The van der Waals surface area contributed by atoms with E-state index in [4.69, 9.17) is 5.73 Å². The number of ether oxygens (including phenoxy) is 1. The van der Waals surface area contributed by atoms with E-state index < -0.39 is 12.8 Å². The van der Waals surface area contributed by atoms with Crippen LogP contribution in [0.2, 0.25) is 0 Å². The van der Waals surface area contributed by atoms with Crippen LogP contribution in [-0.2, 0) is 17.7 Å². The summed E-state index contributed by atoms with van der Waals surface area (Å²) < 4.78 is 41.1. The van der Waals surface area contributed by atoms with E-state index in [1.165, 1.54) is 4.68 Å². The summed E-state index contributed by atoms with van der Waals surface area (Å²) in [5.74, 6) is 0.465. The minimum atomic E-state index is -4.30. The van der Waals surface area contributed by atoms with E-state index in [0.717, 1.165) is 0 Å². The Morgan fingerprint density at radius 2 is 2.12 bits per heavy atom. The molecule has 0 radical (unpaired) electrons. The number of halogens is 3. The van der Waals surface area contributed by atoms with Gasteiger partial charge in [0.1, 0.15) is 6.61 Å². The van der Waals surface area contributed by atoms with Crippen LogP contribution in [0.5, 0.6) is 0 Å². The highest BCUT2D eigenvalue weighted by molar-refractivity contribution is 4.80. The summed E-state index contributed by atoms with van der Waals surface area (Å²) in [4.78, 5) is 0. The topological polar surface area (TPSA) is 78.9 Å². The summed E-state index contributed by atoms with van der Waals surface area (Å²) in [6, 6.07) is 0. The van der Waals surface area contributed by atoms with E-state index in [-0.39, 0.29) is 13.0 Å². The van der Waals surface area contributed by atoms with Gasteiger partial charge in [-0.05, 0) is 10.4 Å². The number of hydrogen-bond acceptors (Lipinski definition) is 5. The number of hydrogen-bond donors (Lipinski definition) is 1. The molecule has 0 atom stereocenters. The highest BCUT2D eigenvalue weighted by Gasteiger charge is 2.27. The Morgan fingerprint density at radius 1 is 1.38 bits per heavy atom. The Labute approximate surface area is 89.6 Å². The van der Waals surface area contributed by atoms with Crippen molar-refractivity contribution in [3.8, 4) is 0 Å². The molecule has 6 nitrogen and oxygen atoms in total. The average molecular weight is 239 g/mol. The minimum Gasteiger partial charge on any atom is -0.372 e. The SMILES string of the molecule is NCCn1nnnc1CCOCC(F)(F)F. The van der Waals surface area contributed by atoms with E-state index in [1.54, 1.807) is 0 Å². The van der Waals surface area contributed by atoms with Crippen LogP contribution in [0.4, 0.5) is 13.2 Å². The third kappa shape index (κ3) is 4.53. The highest BCUT2D eigenvalue weighted by atomic mass is 19.4. The summed E-state index contributed by atoms with van der Waals surface area (Å²) in [5.41, 5.74) is 5.30. The second kappa shape index (κ2) is 5.75. The van der Waals surface area contributed by atoms with Crippen molar-refractivity contribution in [1.29, 1.82) is 0 Å². The first kappa shape index (κ1) is 12.8. The lowest BCUT2D eigenvalue weighted by molar-refractivity contribution is -0.173. The average Bonchev–Trinajstić information content (AvgIpc) is 2.60. The molecule has 0 spiro atoms. The minimum absolute atomic E-state index is 0.0789. The molecule has 0 saturated heterocycles. The van der Waals surface area contributed by atoms with E-state index in [9.17, 15) is 13.2 Å². The Bertz CT molecular complexity index is 313. The lowest BCUT2D eigenvalue weighted by Crippen LogP contribution is -2.19. The maximum absolute atomic E-state index is 11.7. The Hall–Kier alpha value is -1.22. The van der Waals surface area contributed by atoms with E-state index in [2.05, 4.69) is 20.3 Å². The third-order valence-electron chi connectivity index (χ3n) is 1.68. The molecular formula is C7H12F3N5O. The van der Waals surface area contributed by atoms with Gasteiger partial charge < -0.3 is 10.5 Å². The summed E-state index contributed by atoms with van der Waals surface area (Å²) in [7, 11) is 0. The quantitative estimate of drug-likeness (QED) is 0.693. The van der Waals surface area contributed by atoms with Gasteiger partial charge in [-0.2, -0.15) is 13.2 Å². The molecule has 0 saturated carbocycles. The van der Waals surface area contributed by atoms with Gasteiger partial charge in [0.05, 0.1) is 13.2 Å². The smallest absolute Gasteiger partial charge is 0.372 e. The van der Waals surface area contributed by atoms with Crippen molar-refractivity contribution in [3.05, 3.63) is 5.82 Å². The summed E-state index contributed by atoms with van der Waals surface area (Å²) >= 11 is 0. The van der Waals surface area contributed by atoms with Crippen molar-refractivity contribution in [3.63, 3.8) is 0 Å². The second-order valence-electron chi connectivity index (χ2n) is 3.02. The second-order valence-corrected chi connectivity index (χ2v) is 3.02. The predicted molar refractivity (Wildman–Crippen MR) is 47.4 cm³/mol. The van der Waals surface area contributed by atoms with Gasteiger partial charge in [0.15, 0.2) is 5.82 Å². The Morgan fingerprint density at radius 3 is 2.75 bits per heavy atom. The molecule has 1 heterocycles. The molecule has 16 heavy (non-hydrogen) atoms. The van der Waals surface area contributed by atoms with Crippen LogP contribution in [0.3, 0.4) is 0 Å². The largest absolute Gasteiger partial charge is 0.411 e. The molecule has 1 rings (SSSR count). The molecule has 9 heteroatoms. The number of tetrazole rings is 1. The molecular weight excluding hydrogens is 227 g/mol. The maximum Gasteiger partial charge on any atom is 0.411 e. The molecule has 0 aliphatic carbocycles. The Balaban J connectivity index is 2.29. The standard InChI is InChI=1S/C7H12F3N5O/c8-7(9,10)5-16-4-1-6-12-13-14-15(6)3-2-11/h1-5,11H2. The molecule has 0 unspecified atom stereocenters. The fraction of sp³-hybridized carbons (Fsp3) is 0.857. The highest BCUT2D eigenvalue weighted by Crippen LogP contribution is 2.14. The van der Waals surface area contributed by atoms with Gasteiger partial charge >= 0.3 is 6.18 Å². The summed E-state index contributed by atoms with van der Waals surface area (Å²) in [6.45, 7) is -0.543. The molecule has 0 bridgehead atoms. The van der Waals surface area contributed by atoms with Crippen LogP contribution in [-0.4, -0.2) is 46.1 Å². The van der Waals surface area contributed by atoms with Crippen molar-refractivity contribution in [2.45, 2.75) is 19.1 Å². The zero-order valence-corrected chi connectivity index (χ0v) is 8.44. The number of aromatic nitrogens is 4. The van der Waals surface area contributed by atoms with E-state index in [0.29, 0.717) is 18.9 Å². The van der Waals surface area contributed by atoms with Crippen LogP contribution >= 0.6 is 0 Å². The van der Waals surface area contributed by atoms with Crippen LogP contribution < -0.4 is 5.73 Å². The lowest BCUT2D eigenvalue weighted by Gasteiger charge is -2.07. The molecule has 0 fully saturated rings. The van der Waals surface area contributed by atoms with Gasteiger partial charge in [0.25, 0.3) is 0 Å². The molecule has 92 valence electrons. The first-order valence-corrected chi connectivity index (χ1v) is 4.62. The zero-order chi connectivity index (χ0) is 12.0. The molecule has 0 amide bonds. The molecule has 1 aromatic heterocycles. The van der Waals surface area contributed by atoms with Gasteiger partial charge in [-0.3, -0.25) is 0 Å². The van der Waals surface area contributed by atoms with Crippen LogP contribution in [0.25, 0.3) is 0 Å². The van der Waals surface area contributed by atoms with Gasteiger partial charge in [-0.25, -0.2) is 4.68 Å². The monoisotopic (exact) mass is 239 g/mol. The number of rotatable bonds is 6. The first-order valence-electron chi connectivity index (χ1n) is 4.62. The summed E-state index contributed by atoms with van der Waals surface area (Å²) in [6.07, 6.45) is -4.08. The number of nitrogens with two attached hydrogens (primary N) is 1. The third-order valence-corrected chi connectivity index (χ3v) is 1.68. The van der Waals surface area contributed by atoms with Gasteiger partial charge in [-0.15, -0.1) is 5.10 Å². The normalized spacial score (nSPS) is 12.0. The fourth-order valence-corrected chi connectivity index (χ4v) is 1.05. The molecule has 1 aromatic rings. The van der Waals surface area contributed by atoms with E-state index >= 15 is 0 Å². The molecule has 0 aliphatic rings. The first-order chi connectivity index (χ1) is 7.53. The van der Waals surface area contributed by atoms with Crippen molar-refractivity contribution in [2.75, 3.05) is 19.8 Å². The molecule has 0 aromatic carbocycles. The molecule has 0 aliphatic heterocycles. The van der Waals surface area contributed by atoms with Crippen LogP contribution in [0.1, 0.15) is 5.82 Å². The Kier molecular flexibility index (Phi) is 4.62. The van der Waals surface area contributed by atoms with Gasteiger partial charge in [-0.1, -0.05) is 0 Å². The van der Waals surface area contributed by atoms with Gasteiger partial charge in [0.2, 0.25) is 0 Å². The van der Waals surface area contributed by atoms with Crippen LogP contribution in [0, 0.1) is 0 Å². The van der Waals surface area contributed by atoms with E-state index in [1.807, 2.05) is 0 Å². The van der Waals surface area contributed by atoms with Crippen molar-refractivity contribution < 1.29 is 17.9 Å². The van der Waals surface area contributed by atoms with Crippen molar-refractivity contribution in [1.82, 2.24) is 20.2 Å². The van der Waals surface area contributed by atoms with Crippen molar-refractivity contribution in [2.24, 2.45) is 5.73 Å². The lowest BCUT2D eigenvalue weighted by atomic mass is 10.4. The maximum atomic E-state index is 11.7.